The standard InChI is InChI=1S/C14H13BrN2O4S/c1-2-10-9-11(15)3-8-14(10)16-22(20,21)13-6-4-12(5-7-13)17(18)19/h3-9,16H,2H2,1H3. The van der Waals surface area contributed by atoms with Crippen LogP contribution < -0.4 is 4.72 Å². The fourth-order valence-corrected chi connectivity index (χ4v) is 3.41. The minimum atomic E-state index is -3.79. The first-order chi connectivity index (χ1) is 10.3. The Morgan fingerprint density at radius 2 is 1.82 bits per heavy atom. The quantitative estimate of drug-likeness (QED) is 0.628. The summed E-state index contributed by atoms with van der Waals surface area (Å²) in [5.74, 6) is 0. The molecule has 0 saturated carbocycles. The molecule has 0 bridgehead atoms. The van der Waals surface area contributed by atoms with Crippen LogP contribution in [0.2, 0.25) is 0 Å². The average Bonchev–Trinajstić information content (AvgIpc) is 2.49. The second-order valence-electron chi connectivity index (χ2n) is 4.51. The van der Waals surface area contributed by atoms with E-state index in [1.165, 1.54) is 12.1 Å². The minimum absolute atomic E-state index is 0.0249. The molecular weight excluding hydrogens is 372 g/mol. The molecule has 6 nitrogen and oxygen atoms in total. The van der Waals surface area contributed by atoms with Crippen LogP contribution in [0.25, 0.3) is 0 Å². The van der Waals surface area contributed by atoms with Crippen molar-refractivity contribution >= 4 is 37.3 Å². The third-order valence-electron chi connectivity index (χ3n) is 3.05. The zero-order chi connectivity index (χ0) is 16.3. The van der Waals surface area contributed by atoms with Crippen LogP contribution in [-0.4, -0.2) is 13.3 Å². The fourth-order valence-electron chi connectivity index (χ4n) is 1.91. The smallest absolute Gasteiger partial charge is 0.269 e. The predicted octanol–water partition coefficient (Wildman–Crippen LogP) is 3.72. The molecule has 0 aliphatic rings. The van der Waals surface area contributed by atoms with Crippen molar-refractivity contribution in [3.8, 4) is 0 Å². The van der Waals surface area contributed by atoms with Gasteiger partial charge in [0.1, 0.15) is 0 Å². The molecule has 22 heavy (non-hydrogen) atoms. The monoisotopic (exact) mass is 384 g/mol. The number of hydrogen-bond donors (Lipinski definition) is 1. The van der Waals surface area contributed by atoms with E-state index in [4.69, 9.17) is 0 Å². The molecule has 0 fully saturated rings. The van der Waals surface area contributed by atoms with Crippen molar-refractivity contribution in [1.29, 1.82) is 0 Å². The molecule has 0 amide bonds. The summed E-state index contributed by atoms with van der Waals surface area (Å²) in [4.78, 5) is 10.0. The number of nitro groups is 1. The second kappa shape index (κ2) is 6.45. The molecule has 8 heteroatoms. The predicted molar refractivity (Wildman–Crippen MR) is 87.4 cm³/mol. The molecule has 0 unspecified atom stereocenters. The number of nitro benzene ring substituents is 1. The molecular formula is C14H13BrN2O4S. The number of non-ortho nitro benzene ring substituents is 1. The summed E-state index contributed by atoms with van der Waals surface area (Å²) in [6.07, 6.45) is 0.664. The molecule has 116 valence electrons. The van der Waals surface area contributed by atoms with Crippen molar-refractivity contribution in [3.05, 3.63) is 62.6 Å². The largest absolute Gasteiger partial charge is 0.279 e. The zero-order valence-corrected chi connectivity index (χ0v) is 14.0. The van der Waals surface area contributed by atoms with Gasteiger partial charge in [0.2, 0.25) is 0 Å². The molecule has 2 rings (SSSR count). The Balaban J connectivity index is 2.33. The summed E-state index contributed by atoms with van der Waals surface area (Å²) in [5, 5.41) is 10.6. The van der Waals surface area contributed by atoms with Gasteiger partial charge in [-0.2, -0.15) is 0 Å². The van der Waals surface area contributed by atoms with E-state index < -0.39 is 14.9 Å². The van der Waals surface area contributed by atoms with Crippen LogP contribution in [-0.2, 0) is 16.4 Å². The number of anilines is 1. The highest BCUT2D eigenvalue weighted by molar-refractivity contribution is 9.10. The van der Waals surface area contributed by atoms with E-state index in [0.717, 1.165) is 22.2 Å². The Labute approximate surface area is 136 Å². The van der Waals surface area contributed by atoms with Crippen molar-refractivity contribution < 1.29 is 13.3 Å². The summed E-state index contributed by atoms with van der Waals surface area (Å²) in [6.45, 7) is 1.92. The lowest BCUT2D eigenvalue weighted by molar-refractivity contribution is -0.384. The molecule has 1 N–H and O–H groups in total. The van der Waals surface area contributed by atoms with Gasteiger partial charge < -0.3 is 0 Å². The first kappa shape index (κ1) is 16.4. The van der Waals surface area contributed by atoms with Gasteiger partial charge in [-0.3, -0.25) is 14.8 Å². The van der Waals surface area contributed by atoms with E-state index in [2.05, 4.69) is 20.7 Å². The molecule has 0 aliphatic carbocycles. The lowest BCUT2D eigenvalue weighted by atomic mass is 10.1. The second-order valence-corrected chi connectivity index (χ2v) is 7.11. The minimum Gasteiger partial charge on any atom is -0.279 e. The van der Waals surface area contributed by atoms with Crippen molar-refractivity contribution in [2.24, 2.45) is 0 Å². The van der Waals surface area contributed by atoms with E-state index in [1.54, 1.807) is 12.1 Å². The number of nitrogens with zero attached hydrogens (tertiary/aromatic N) is 1. The van der Waals surface area contributed by atoms with Crippen LogP contribution in [0.5, 0.6) is 0 Å². The summed E-state index contributed by atoms with van der Waals surface area (Å²) >= 11 is 3.34. The van der Waals surface area contributed by atoms with Crippen molar-refractivity contribution in [3.63, 3.8) is 0 Å². The molecule has 0 radical (unpaired) electrons. The third-order valence-corrected chi connectivity index (χ3v) is 4.93. The lowest BCUT2D eigenvalue weighted by Crippen LogP contribution is -2.14. The maximum atomic E-state index is 12.3. The highest BCUT2D eigenvalue weighted by atomic mass is 79.9. The first-order valence-corrected chi connectivity index (χ1v) is 8.67. The van der Waals surface area contributed by atoms with Crippen LogP contribution in [0.4, 0.5) is 11.4 Å². The number of benzene rings is 2. The van der Waals surface area contributed by atoms with Crippen LogP contribution >= 0.6 is 15.9 Å². The van der Waals surface area contributed by atoms with Crippen LogP contribution in [0.1, 0.15) is 12.5 Å². The summed E-state index contributed by atoms with van der Waals surface area (Å²) < 4.78 is 28.1. The Morgan fingerprint density at radius 1 is 1.18 bits per heavy atom. The molecule has 2 aromatic carbocycles. The zero-order valence-electron chi connectivity index (χ0n) is 11.6. The highest BCUT2D eigenvalue weighted by Crippen LogP contribution is 2.25. The van der Waals surface area contributed by atoms with E-state index in [0.29, 0.717) is 12.1 Å². The van der Waals surface area contributed by atoms with E-state index >= 15 is 0 Å². The maximum Gasteiger partial charge on any atom is 0.269 e. The summed E-state index contributed by atoms with van der Waals surface area (Å²) in [5.41, 5.74) is 1.18. The average molecular weight is 385 g/mol. The Morgan fingerprint density at radius 3 is 2.36 bits per heavy atom. The molecule has 0 saturated heterocycles. The third kappa shape index (κ3) is 3.63. The van der Waals surface area contributed by atoms with Crippen molar-refractivity contribution in [1.82, 2.24) is 0 Å². The number of sulfonamides is 1. The number of hydrogen-bond acceptors (Lipinski definition) is 4. The van der Waals surface area contributed by atoms with E-state index in [9.17, 15) is 18.5 Å². The Kier molecular flexibility index (Phi) is 4.82. The number of rotatable bonds is 5. The van der Waals surface area contributed by atoms with Crippen molar-refractivity contribution in [2.45, 2.75) is 18.2 Å². The van der Waals surface area contributed by atoms with E-state index in [1.807, 2.05) is 13.0 Å². The fraction of sp³-hybridized carbons (Fsp3) is 0.143. The van der Waals surface area contributed by atoms with Crippen LogP contribution in [0.3, 0.4) is 0 Å². The summed E-state index contributed by atoms with van der Waals surface area (Å²) in [6, 6.07) is 10.0. The maximum absolute atomic E-state index is 12.3. The van der Waals surface area contributed by atoms with E-state index in [-0.39, 0.29) is 10.6 Å². The lowest BCUT2D eigenvalue weighted by Gasteiger charge is -2.12. The summed E-state index contributed by atoms with van der Waals surface area (Å²) in [7, 11) is -3.79. The van der Waals surface area contributed by atoms with Crippen LogP contribution in [0, 0.1) is 10.1 Å². The van der Waals surface area contributed by atoms with Gasteiger partial charge >= 0.3 is 0 Å². The molecule has 0 aliphatic heterocycles. The molecule has 2 aromatic rings. The molecule has 0 spiro atoms. The van der Waals surface area contributed by atoms with Gasteiger partial charge in [-0.05, 0) is 42.3 Å². The van der Waals surface area contributed by atoms with Gasteiger partial charge in [0.25, 0.3) is 15.7 Å². The van der Waals surface area contributed by atoms with Gasteiger partial charge in [-0.15, -0.1) is 0 Å². The normalized spacial score (nSPS) is 11.2. The molecule has 0 atom stereocenters. The number of nitrogens with one attached hydrogen (secondary N) is 1. The van der Waals surface area contributed by atoms with Crippen LogP contribution in [0.15, 0.2) is 51.8 Å². The highest BCUT2D eigenvalue weighted by Gasteiger charge is 2.17. The van der Waals surface area contributed by atoms with Gasteiger partial charge in [0.05, 0.1) is 15.5 Å². The SMILES string of the molecule is CCc1cc(Br)ccc1NS(=O)(=O)c1ccc([N+](=O)[O-])cc1. The number of halogens is 1. The topological polar surface area (TPSA) is 89.3 Å². The first-order valence-electron chi connectivity index (χ1n) is 6.39. The van der Waals surface area contributed by atoms with Gasteiger partial charge in [-0.25, -0.2) is 8.42 Å². The van der Waals surface area contributed by atoms with Gasteiger partial charge in [0.15, 0.2) is 0 Å². The Bertz CT molecular complexity index is 804. The van der Waals surface area contributed by atoms with Gasteiger partial charge in [-0.1, -0.05) is 22.9 Å². The Hall–Kier alpha value is -1.93. The molecule has 0 heterocycles. The number of aryl methyl sites for hydroxylation is 1. The molecule has 0 aromatic heterocycles. The van der Waals surface area contributed by atoms with Crippen molar-refractivity contribution in [2.75, 3.05) is 4.72 Å². The van der Waals surface area contributed by atoms with Gasteiger partial charge in [0, 0.05) is 16.6 Å².